The van der Waals surface area contributed by atoms with Crippen LogP contribution >= 0.6 is 0 Å². The monoisotopic (exact) mass is 218 g/mol. The van der Waals surface area contributed by atoms with Gasteiger partial charge in [0.15, 0.2) is 0 Å². The zero-order chi connectivity index (χ0) is 13.6. The molecule has 0 heterocycles. The Labute approximate surface area is 102 Å². The van der Waals surface area contributed by atoms with Crippen LogP contribution in [-0.2, 0) is 0 Å². The van der Waals surface area contributed by atoms with Gasteiger partial charge in [-0.1, -0.05) is 55.8 Å². The van der Waals surface area contributed by atoms with Crippen molar-refractivity contribution < 1.29 is 0 Å². The normalized spacial score (nSPS) is 6.75. The van der Waals surface area contributed by atoms with Crippen molar-refractivity contribution in [1.82, 2.24) is 0 Å². The van der Waals surface area contributed by atoms with E-state index < -0.39 is 0 Å². The van der Waals surface area contributed by atoms with E-state index in [2.05, 4.69) is 64.1 Å². The van der Waals surface area contributed by atoms with Gasteiger partial charge >= 0.3 is 0 Å². The molecule has 0 atom stereocenters. The van der Waals surface area contributed by atoms with Gasteiger partial charge in [0.05, 0.1) is 0 Å². The molecule has 90 valence electrons. The Morgan fingerprint density at radius 3 is 1.69 bits per heavy atom. The molecule has 0 nitrogen and oxygen atoms in total. The van der Waals surface area contributed by atoms with E-state index in [4.69, 9.17) is 0 Å². The Morgan fingerprint density at radius 1 is 1.00 bits per heavy atom. The highest BCUT2D eigenvalue weighted by Crippen LogP contribution is 2.11. The molecule has 1 aromatic rings. The third kappa shape index (κ3) is 10.5. The zero-order valence-electron chi connectivity index (χ0n) is 11.3. The van der Waals surface area contributed by atoms with Crippen LogP contribution in [0.4, 0.5) is 0 Å². The van der Waals surface area contributed by atoms with E-state index in [1.807, 2.05) is 20.8 Å². The fourth-order valence-electron chi connectivity index (χ4n) is 0.911. The van der Waals surface area contributed by atoms with Crippen molar-refractivity contribution in [2.45, 2.75) is 27.7 Å². The second-order valence-electron chi connectivity index (χ2n) is 2.65. The van der Waals surface area contributed by atoms with Crippen molar-refractivity contribution in [1.29, 1.82) is 0 Å². The van der Waals surface area contributed by atoms with Gasteiger partial charge in [-0.2, -0.15) is 0 Å². The molecule has 1 rings (SSSR count). The van der Waals surface area contributed by atoms with Crippen molar-refractivity contribution in [3.05, 3.63) is 68.3 Å². The molecule has 0 saturated heterocycles. The van der Waals surface area contributed by atoms with Gasteiger partial charge in [-0.25, -0.2) is 0 Å². The molecule has 0 N–H and O–H groups in total. The summed E-state index contributed by atoms with van der Waals surface area (Å²) in [6.07, 6.45) is 0. The third-order valence-corrected chi connectivity index (χ3v) is 1.51. The predicted octanol–water partition coefficient (Wildman–Crippen LogP) is 5.66. The van der Waals surface area contributed by atoms with E-state index in [1.54, 1.807) is 0 Å². The van der Waals surface area contributed by atoms with Gasteiger partial charge in [0.2, 0.25) is 0 Å². The third-order valence-electron chi connectivity index (χ3n) is 1.51. The second kappa shape index (κ2) is 15.9. The van der Waals surface area contributed by atoms with Crippen molar-refractivity contribution in [2.24, 2.45) is 0 Å². The molecule has 0 aliphatic rings. The Morgan fingerprint density at radius 2 is 1.44 bits per heavy atom. The molecule has 0 aromatic heterocycles. The average Bonchev–Trinajstić information content (AvgIpc) is 2.36. The summed E-state index contributed by atoms with van der Waals surface area (Å²) in [5.74, 6) is 0. The van der Waals surface area contributed by atoms with Crippen LogP contribution in [0.2, 0.25) is 0 Å². The van der Waals surface area contributed by atoms with Gasteiger partial charge in [-0.15, -0.1) is 26.3 Å². The first-order valence-electron chi connectivity index (χ1n) is 5.42. The van der Waals surface area contributed by atoms with E-state index >= 15 is 0 Å². The lowest BCUT2D eigenvalue weighted by atomic mass is 10.1. The molecule has 0 unspecified atom stereocenters. The fourth-order valence-corrected chi connectivity index (χ4v) is 0.911. The summed E-state index contributed by atoms with van der Waals surface area (Å²) in [5, 5.41) is 0. The molecular weight excluding hydrogens is 192 g/mol. The average molecular weight is 218 g/mol. The maximum Gasteiger partial charge on any atom is -0.0231 e. The van der Waals surface area contributed by atoms with Crippen LogP contribution in [0.15, 0.2) is 57.2 Å². The van der Waals surface area contributed by atoms with Crippen molar-refractivity contribution in [3.8, 4) is 0 Å². The molecular formula is C16H26. The number of hydrogen-bond donors (Lipinski definition) is 0. The number of benzene rings is 1. The highest BCUT2D eigenvalue weighted by Gasteiger charge is 1.90. The first-order chi connectivity index (χ1) is 7.70. The summed E-state index contributed by atoms with van der Waals surface area (Å²) in [4.78, 5) is 0. The zero-order valence-corrected chi connectivity index (χ0v) is 11.3. The number of aryl methyl sites for hydroxylation is 1. The Hall–Kier alpha value is -1.56. The molecule has 0 fully saturated rings. The van der Waals surface area contributed by atoms with Crippen LogP contribution in [0.5, 0.6) is 0 Å². The number of allylic oxidation sites excluding steroid dienone is 1. The summed E-state index contributed by atoms with van der Waals surface area (Å²) in [5.41, 5.74) is 3.66. The van der Waals surface area contributed by atoms with Crippen LogP contribution < -0.4 is 0 Å². The van der Waals surface area contributed by atoms with Crippen molar-refractivity contribution in [3.63, 3.8) is 0 Å². The van der Waals surface area contributed by atoms with Crippen LogP contribution in [-0.4, -0.2) is 0 Å². The van der Waals surface area contributed by atoms with E-state index in [9.17, 15) is 0 Å². The van der Waals surface area contributed by atoms with E-state index in [0.717, 1.165) is 5.57 Å². The van der Waals surface area contributed by atoms with Crippen LogP contribution in [0.25, 0.3) is 5.57 Å². The maximum absolute atomic E-state index is 3.87. The van der Waals surface area contributed by atoms with E-state index in [1.165, 1.54) is 11.1 Å². The van der Waals surface area contributed by atoms with Gasteiger partial charge in [-0.3, -0.25) is 0 Å². The van der Waals surface area contributed by atoms with E-state index in [0.29, 0.717) is 0 Å². The highest BCUT2D eigenvalue weighted by molar-refractivity contribution is 5.61. The molecule has 16 heavy (non-hydrogen) atoms. The molecule has 0 spiro atoms. The number of rotatable bonds is 1. The standard InChI is InChI=1S/C10H12.C2H6.2C2H4/c1-8(2)10-6-4-5-9(3)7-10;3*1-2/h4-7H,1H2,2-3H3;1-2H3;2*1-2H2. The summed E-state index contributed by atoms with van der Waals surface area (Å²) in [6, 6.07) is 8.36. The summed E-state index contributed by atoms with van der Waals surface area (Å²) in [7, 11) is 0. The molecule has 0 aliphatic heterocycles. The van der Waals surface area contributed by atoms with Crippen LogP contribution in [0.1, 0.15) is 31.9 Å². The highest BCUT2D eigenvalue weighted by atomic mass is 14.0. The largest absolute Gasteiger partial charge is 0.106 e. The molecule has 0 radical (unpaired) electrons. The lowest BCUT2D eigenvalue weighted by molar-refractivity contribution is 1.44. The SMILES string of the molecule is C=C.C=C.C=C(C)c1cccc(C)c1.CC. The van der Waals surface area contributed by atoms with Gasteiger partial charge in [-0.05, 0) is 19.4 Å². The minimum absolute atomic E-state index is 1.13. The van der Waals surface area contributed by atoms with Crippen molar-refractivity contribution >= 4 is 5.57 Å². The first-order valence-corrected chi connectivity index (χ1v) is 5.42. The Kier molecular flexibility index (Phi) is 19.8. The Bertz CT molecular complexity index is 269. The number of hydrogen-bond acceptors (Lipinski definition) is 0. The molecule has 0 amide bonds. The van der Waals surface area contributed by atoms with Crippen LogP contribution in [0.3, 0.4) is 0 Å². The van der Waals surface area contributed by atoms with Gasteiger partial charge in [0.1, 0.15) is 0 Å². The van der Waals surface area contributed by atoms with Gasteiger partial charge < -0.3 is 0 Å². The smallest absolute Gasteiger partial charge is 0.0231 e. The molecule has 0 aliphatic carbocycles. The van der Waals surface area contributed by atoms with Crippen LogP contribution in [0, 0.1) is 6.92 Å². The minimum Gasteiger partial charge on any atom is -0.106 e. The first kappa shape index (κ1) is 19.9. The van der Waals surface area contributed by atoms with E-state index in [-0.39, 0.29) is 0 Å². The van der Waals surface area contributed by atoms with Crippen molar-refractivity contribution in [2.75, 3.05) is 0 Å². The molecule has 0 heteroatoms. The fraction of sp³-hybridized carbons (Fsp3) is 0.250. The topological polar surface area (TPSA) is 0 Å². The lowest BCUT2D eigenvalue weighted by Crippen LogP contribution is -1.77. The maximum atomic E-state index is 3.87. The predicted molar refractivity (Wildman–Crippen MR) is 79.7 cm³/mol. The van der Waals surface area contributed by atoms with Gasteiger partial charge in [0, 0.05) is 0 Å². The lowest BCUT2D eigenvalue weighted by Gasteiger charge is -1.98. The van der Waals surface area contributed by atoms with Gasteiger partial charge in [0.25, 0.3) is 0 Å². The quantitative estimate of drug-likeness (QED) is 0.534. The summed E-state index contributed by atoms with van der Waals surface area (Å²) in [6.45, 7) is 24.0. The molecule has 0 saturated carbocycles. The summed E-state index contributed by atoms with van der Waals surface area (Å²) < 4.78 is 0. The minimum atomic E-state index is 1.13. The summed E-state index contributed by atoms with van der Waals surface area (Å²) >= 11 is 0. The molecule has 1 aromatic carbocycles. The molecule has 0 bridgehead atoms. The second-order valence-corrected chi connectivity index (χ2v) is 2.65. The Balaban J connectivity index is -0.000000245.